The van der Waals surface area contributed by atoms with Crippen LogP contribution >= 0.6 is 0 Å². The third-order valence-electron chi connectivity index (χ3n) is 3.56. The van der Waals surface area contributed by atoms with Crippen molar-refractivity contribution in [3.8, 4) is 0 Å². The van der Waals surface area contributed by atoms with Crippen LogP contribution in [0.4, 0.5) is 5.69 Å². The van der Waals surface area contributed by atoms with Gasteiger partial charge in [0.15, 0.2) is 0 Å². The van der Waals surface area contributed by atoms with E-state index in [9.17, 15) is 0 Å². The van der Waals surface area contributed by atoms with E-state index in [4.69, 9.17) is 5.11 Å². The van der Waals surface area contributed by atoms with Gasteiger partial charge in [-0.1, -0.05) is 6.92 Å². The van der Waals surface area contributed by atoms with Crippen LogP contribution in [0.25, 0.3) is 0 Å². The highest BCUT2D eigenvalue weighted by molar-refractivity contribution is 5.48. The van der Waals surface area contributed by atoms with E-state index in [2.05, 4.69) is 35.8 Å². The molecule has 1 N–H and O–H groups in total. The van der Waals surface area contributed by atoms with Gasteiger partial charge in [0.25, 0.3) is 0 Å². The molecule has 4 heteroatoms. The number of rotatable bonds is 3. The smallest absolute Gasteiger partial charge is 0.0853 e. The van der Waals surface area contributed by atoms with Crippen molar-refractivity contribution in [3.63, 3.8) is 0 Å². The lowest BCUT2D eigenvalue weighted by Crippen LogP contribution is -2.34. The van der Waals surface area contributed by atoms with Gasteiger partial charge in [0, 0.05) is 31.0 Å². The second-order valence-electron chi connectivity index (χ2n) is 5.08. The number of aromatic nitrogens is 1. The third kappa shape index (κ3) is 2.58. The van der Waals surface area contributed by atoms with Crippen LogP contribution in [-0.2, 0) is 6.61 Å². The Kier molecular flexibility index (Phi) is 3.64. The van der Waals surface area contributed by atoms with Crippen molar-refractivity contribution in [2.75, 3.05) is 32.1 Å². The minimum atomic E-state index is 0.00828. The minimum absolute atomic E-state index is 0.00828. The molecule has 1 aliphatic heterocycles. The summed E-state index contributed by atoms with van der Waals surface area (Å²) in [6.07, 6.45) is 1.77. The van der Waals surface area contributed by atoms with Gasteiger partial charge in [0.1, 0.15) is 0 Å². The van der Waals surface area contributed by atoms with Gasteiger partial charge in [-0.2, -0.15) is 0 Å². The predicted octanol–water partition coefficient (Wildman–Crippen LogP) is 0.960. The first-order valence-electron chi connectivity index (χ1n) is 6.09. The first-order valence-corrected chi connectivity index (χ1v) is 6.09. The van der Waals surface area contributed by atoms with Crippen LogP contribution in [0.5, 0.6) is 0 Å². The molecule has 17 heavy (non-hydrogen) atoms. The summed E-state index contributed by atoms with van der Waals surface area (Å²) in [7, 11) is 4.27. The molecule has 0 radical (unpaired) electrons. The van der Waals surface area contributed by atoms with E-state index < -0.39 is 0 Å². The largest absolute Gasteiger partial charge is 0.390 e. The summed E-state index contributed by atoms with van der Waals surface area (Å²) in [6, 6.07) is 4.59. The zero-order valence-corrected chi connectivity index (χ0v) is 10.8. The average molecular weight is 235 g/mol. The molecule has 0 aliphatic carbocycles. The van der Waals surface area contributed by atoms with Gasteiger partial charge in [0.05, 0.1) is 12.3 Å². The van der Waals surface area contributed by atoms with E-state index in [0.717, 1.165) is 18.8 Å². The number of hydrogen-bond donors (Lipinski definition) is 1. The van der Waals surface area contributed by atoms with E-state index in [0.29, 0.717) is 12.0 Å². The SMILES string of the molecule is CC1CN(c2ccnc(CO)c2)CC1N(C)C. The molecule has 2 atom stereocenters. The van der Waals surface area contributed by atoms with Crippen LogP contribution in [0.1, 0.15) is 12.6 Å². The molecule has 0 spiro atoms. The van der Waals surface area contributed by atoms with Crippen molar-refractivity contribution in [2.45, 2.75) is 19.6 Å². The van der Waals surface area contributed by atoms with E-state index in [1.165, 1.54) is 5.69 Å². The molecule has 1 saturated heterocycles. The van der Waals surface area contributed by atoms with Crippen molar-refractivity contribution in [1.29, 1.82) is 0 Å². The fraction of sp³-hybridized carbons (Fsp3) is 0.615. The van der Waals surface area contributed by atoms with E-state index >= 15 is 0 Å². The Balaban J connectivity index is 2.13. The Morgan fingerprint density at radius 3 is 2.82 bits per heavy atom. The minimum Gasteiger partial charge on any atom is -0.390 e. The molecule has 1 aromatic heterocycles. The number of nitrogens with zero attached hydrogens (tertiary/aromatic N) is 3. The van der Waals surface area contributed by atoms with Gasteiger partial charge < -0.3 is 14.9 Å². The van der Waals surface area contributed by atoms with Gasteiger partial charge in [-0.05, 0) is 32.1 Å². The standard InChI is InChI=1S/C13H21N3O/c1-10-7-16(8-13(10)15(2)3)12-4-5-14-11(6-12)9-17/h4-6,10,13,17H,7-9H2,1-3H3. The summed E-state index contributed by atoms with van der Waals surface area (Å²) >= 11 is 0. The highest BCUT2D eigenvalue weighted by Crippen LogP contribution is 2.26. The fourth-order valence-electron chi connectivity index (χ4n) is 2.58. The third-order valence-corrected chi connectivity index (χ3v) is 3.56. The number of likely N-dealkylation sites (N-methyl/N-ethyl adjacent to an activating group) is 1. The zero-order chi connectivity index (χ0) is 12.4. The van der Waals surface area contributed by atoms with Crippen LogP contribution in [0.3, 0.4) is 0 Å². The molecule has 2 rings (SSSR count). The number of aliphatic hydroxyl groups is 1. The molecular weight excluding hydrogens is 214 g/mol. The van der Waals surface area contributed by atoms with Gasteiger partial charge >= 0.3 is 0 Å². The molecule has 4 nitrogen and oxygen atoms in total. The zero-order valence-electron chi connectivity index (χ0n) is 10.8. The van der Waals surface area contributed by atoms with Crippen molar-refractivity contribution >= 4 is 5.69 Å². The number of pyridine rings is 1. The maximum atomic E-state index is 9.11. The van der Waals surface area contributed by atoms with Gasteiger partial charge in [-0.15, -0.1) is 0 Å². The lowest BCUT2D eigenvalue weighted by molar-refractivity contribution is 0.266. The lowest BCUT2D eigenvalue weighted by Gasteiger charge is -2.23. The Labute approximate surface area is 103 Å². The summed E-state index contributed by atoms with van der Waals surface area (Å²) < 4.78 is 0. The summed E-state index contributed by atoms with van der Waals surface area (Å²) in [5.41, 5.74) is 1.91. The monoisotopic (exact) mass is 235 g/mol. The first kappa shape index (κ1) is 12.3. The maximum absolute atomic E-state index is 9.11. The molecule has 1 fully saturated rings. The van der Waals surface area contributed by atoms with Gasteiger partial charge in [0.2, 0.25) is 0 Å². The molecule has 2 heterocycles. The average Bonchev–Trinajstić information content (AvgIpc) is 2.71. The Hall–Kier alpha value is -1.13. The summed E-state index contributed by atoms with van der Waals surface area (Å²) in [4.78, 5) is 8.78. The molecule has 1 aromatic rings. The molecule has 94 valence electrons. The van der Waals surface area contributed by atoms with E-state index in [1.807, 2.05) is 12.1 Å². The summed E-state index contributed by atoms with van der Waals surface area (Å²) in [6.45, 7) is 4.41. The number of hydrogen-bond acceptors (Lipinski definition) is 4. The Morgan fingerprint density at radius 2 is 2.24 bits per heavy atom. The molecule has 0 aromatic carbocycles. The van der Waals surface area contributed by atoms with Crippen LogP contribution in [0.2, 0.25) is 0 Å². The van der Waals surface area contributed by atoms with E-state index in [1.54, 1.807) is 6.20 Å². The van der Waals surface area contributed by atoms with Crippen molar-refractivity contribution in [1.82, 2.24) is 9.88 Å². The van der Waals surface area contributed by atoms with Crippen molar-refractivity contribution in [2.24, 2.45) is 5.92 Å². The Bertz CT molecular complexity index is 381. The maximum Gasteiger partial charge on any atom is 0.0853 e. The number of anilines is 1. The number of aliphatic hydroxyl groups excluding tert-OH is 1. The van der Waals surface area contributed by atoms with Gasteiger partial charge in [-0.25, -0.2) is 0 Å². The highest BCUT2D eigenvalue weighted by Gasteiger charge is 2.31. The highest BCUT2D eigenvalue weighted by atomic mass is 16.3. The van der Waals surface area contributed by atoms with E-state index in [-0.39, 0.29) is 6.61 Å². The van der Waals surface area contributed by atoms with Crippen LogP contribution in [-0.4, -0.2) is 48.2 Å². The van der Waals surface area contributed by atoms with Crippen LogP contribution in [0, 0.1) is 5.92 Å². The van der Waals surface area contributed by atoms with Gasteiger partial charge in [-0.3, -0.25) is 4.98 Å². The molecule has 0 amide bonds. The molecule has 0 bridgehead atoms. The first-order chi connectivity index (χ1) is 8.11. The molecular formula is C13H21N3O. The van der Waals surface area contributed by atoms with Crippen molar-refractivity contribution < 1.29 is 5.11 Å². The summed E-state index contributed by atoms with van der Waals surface area (Å²) in [5.74, 6) is 0.663. The van der Waals surface area contributed by atoms with Crippen LogP contribution in [0.15, 0.2) is 18.3 Å². The lowest BCUT2D eigenvalue weighted by atomic mass is 10.1. The quantitative estimate of drug-likeness (QED) is 0.847. The Morgan fingerprint density at radius 1 is 1.47 bits per heavy atom. The normalized spacial score (nSPS) is 24.6. The van der Waals surface area contributed by atoms with Crippen LogP contribution < -0.4 is 4.90 Å². The topological polar surface area (TPSA) is 39.6 Å². The second kappa shape index (κ2) is 5.02. The fourth-order valence-corrected chi connectivity index (χ4v) is 2.58. The second-order valence-corrected chi connectivity index (χ2v) is 5.08. The van der Waals surface area contributed by atoms with Crippen molar-refractivity contribution in [3.05, 3.63) is 24.0 Å². The molecule has 0 saturated carbocycles. The molecule has 2 unspecified atom stereocenters. The summed E-state index contributed by atoms with van der Waals surface area (Å²) in [5, 5.41) is 9.11. The predicted molar refractivity (Wildman–Crippen MR) is 69.0 cm³/mol. The molecule has 1 aliphatic rings.